The van der Waals surface area contributed by atoms with Crippen molar-refractivity contribution in [2.75, 3.05) is 39.3 Å². The maximum atomic E-state index is 3.57. The molecule has 3 heteroatoms. The van der Waals surface area contributed by atoms with Gasteiger partial charge in [-0.2, -0.15) is 0 Å². The Balaban J connectivity index is 1.43. The summed E-state index contributed by atoms with van der Waals surface area (Å²) in [5.74, 6) is 0. The molecule has 2 rings (SSSR count). The first-order chi connectivity index (χ1) is 9.04. The Morgan fingerprint density at radius 2 is 1.63 bits per heavy atom. The van der Waals surface area contributed by atoms with Gasteiger partial charge in [0.25, 0.3) is 0 Å². The van der Waals surface area contributed by atoms with Crippen LogP contribution < -0.4 is 5.32 Å². The molecular formula is C16H33N3. The van der Waals surface area contributed by atoms with E-state index in [0.29, 0.717) is 0 Å². The highest BCUT2D eigenvalue weighted by molar-refractivity contribution is 4.87. The van der Waals surface area contributed by atoms with E-state index in [1.54, 1.807) is 0 Å². The standard InChI is InChI=1S/C16H33N3/c1-16(2,3)17-9-5-4-6-10-18-11-13-19(14-12-18)15-7-8-15/h15,17H,4-14H2,1-3H3. The summed E-state index contributed by atoms with van der Waals surface area (Å²) in [7, 11) is 0. The third kappa shape index (κ3) is 6.24. The fourth-order valence-electron chi connectivity index (χ4n) is 2.89. The number of unbranched alkanes of at least 4 members (excludes halogenated alkanes) is 2. The first-order valence-electron chi connectivity index (χ1n) is 8.26. The van der Waals surface area contributed by atoms with Crippen LogP contribution in [-0.4, -0.2) is 60.6 Å². The van der Waals surface area contributed by atoms with E-state index >= 15 is 0 Å². The van der Waals surface area contributed by atoms with Gasteiger partial charge >= 0.3 is 0 Å². The molecule has 1 N–H and O–H groups in total. The van der Waals surface area contributed by atoms with Gasteiger partial charge in [-0.05, 0) is 59.5 Å². The Hall–Kier alpha value is -0.120. The molecule has 0 unspecified atom stereocenters. The van der Waals surface area contributed by atoms with Gasteiger partial charge in [-0.1, -0.05) is 6.42 Å². The number of piperazine rings is 1. The summed E-state index contributed by atoms with van der Waals surface area (Å²) in [5, 5.41) is 3.57. The molecule has 1 saturated carbocycles. The minimum Gasteiger partial charge on any atom is -0.312 e. The molecule has 2 fully saturated rings. The largest absolute Gasteiger partial charge is 0.312 e. The van der Waals surface area contributed by atoms with Gasteiger partial charge in [0.05, 0.1) is 0 Å². The fourth-order valence-corrected chi connectivity index (χ4v) is 2.89. The summed E-state index contributed by atoms with van der Waals surface area (Å²) < 4.78 is 0. The van der Waals surface area contributed by atoms with E-state index in [-0.39, 0.29) is 5.54 Å². The van der Waals surface area contributed by atoms with Crippen LogP contribution in [0, 0.1) is 0 Å². The van der Waals surface area contributed by atoms with E-state index < -0.39 is 0 Å². The highest BCUT2D eigenvalue weighted by Gasteiger charge is 2.30. The van der Waals surface area contributed by atoms with Crippen molar-refractivity contribution in [2.45, 2.75) is 64.5 Å². The molecule has 0 aromatic rings. The minimum atomic E-state index is 0.277. The summed E-state index contributed by atoms with van der Waals surface area (Å²) in [5.41, 5.74) is 0.277. The van der Waals surface area contributed by atoms with E-state index in [2.05, 4.69) is 35.9 Å². The normalized spacial score (nSPS) is 22.9. The van der Waals surface area contributed by atoms with Gasteiger partial charge in [0, 0.05) is 37.8 Å². The molecule has 1 heterocycles. The lowest BCUT2D eigenvalue weighted by atomic mass is 10.1. The van der Waals surface area contributed by atoms with Gasteiger partial charge in [-0.15, -0.1) is 0 Å². The first-order valence-corrected chi connectivity index (χ1v) is 8.26. The van der Waals surface area contributed by atoms with E-state index in [0.717, 1.165) is 6.04 Å². The zero-order chi connectivity index (χ0) is 13.7. The van der Waals surface area contributed by atoms with Crippen molar-refractivity contribution < 1.29 is 0 Å². The molecule has 0 aromatic heterocycles. The van der Waals surface area contributed by atoms with Crippen molar-refractivity contribution >= 4 is 0 Å². The number of hydrogen-bond acceptors (Lipinski definition) is 3. The van der Waals surface area contributed by atoms with Crippen molar-refractivity contribution in [3.05, 3.63) is 0 Å². The van der Waals surface area contributed by atoms with Crippen molar-refractivity contribution in [1.29, 1.82) is 0 Å². The number of hydrogen-bond donors (Lipinski definition) is 1. The summed E-state index contributed by atoms with van der Waals surface area (Å²) in [6.07, 6.45) is 6.97. The Morgan fingerprint density at radius 3 is 2.21 bits per heavy atom. The summed E-state index contributed by atoms with van der Waals surface area (Å²) in [6.45, 7) is 14.4. The third-order valence-electron chi connectivity index (χ3n) is 4.28. The quantitative estimate of drug-likeness (QED) is 0.714. The van der Waals surface area contributed by atoms with Gasteiger partial charge in [0.15, 0.2) is 0 Å². The summed E-state index contributed by atoms with van der Waals surface area (Å²) in [4.78, 5) is 5.36. The van der Waals surface area contributed by atoms with Crippen LogP contribution in [0.1, 0.15) is 52.9 Å². The zero-order valence-electron chi connectivity index (χ0n) is 13.2. The van der Waals surface area contributed by atoms with Crippen molar-refractivity contribution in [3.63, 3.8) is 0 Å². The van der Waals surface area contributed by atoms with E-state index in [1.165, 1.54) is 71.4 Å². The van der Waals surface area contributed by atoms with Crippen LogP contribution in [0.3, 0.4) is 0 Å². The van der Waals surface area contributed by atoms with E-state index in [4.69, 9.17) is 0 Å². The molecule has 0 spiro atoms. The second kappa shape index (κ2) is 7.05. The number of rotatable bonds is 7. The first kappa shape index (κ1) is 15.3. The second-order valence-corrected chi connectivity index (χ2v) is 7.35. The lowest BCUT2D eigenvalue weighted by Crippen LogP contribution is -2.47. The van der Waals surface area contributed by atoms with Crippen LogP contribution in [0.5, 0.6) is 0 Å². The minimum absolute atomic E-state index is 0.277. The lowest BCUT2D eigenvalue weighted by Gasteiger charge is -2.34. The van der Waals surface area contributed by atoms with Crippen molar-refractivity contribution in [2.24, 2.45) is 0 Å². The van der Waals surface area contributed by atoms with Gasteiger partial charge in [0.1, 0.15) is 0 Å². The molecular weight excluding hydrogens is 234 g/mol. The maximum Gasteiger partial charge on any atom is 0.0113 e. The van der Waals surface area contributed by atoms with Crippen molar-refractivity contribution in [3.8, 4) is 0 Å². The predicted octanol–water partition coefficient (Wildman–Crippen LogP) is 2.32. The second-order valence-electron chi connectivity index (χ2n) is 7.35. The SMILES string of the molecule is CC(C)(C)NCCCCCN1CCN(C2CC2)CC1. The van der Waals surface area contributed by atoms with Crippen LogP contribution in [0.2, 0.25) is 0 Å². The zero-order valence-corrected chi connectivity index (χ0v) is 13.2. The molecule has 0 amide bonds. The van der Waals surface area contributed by atoms with E-state index in [9.17, 15) is 0 Å². The topological polar surface area (TPSA) is 18.5 Å². The number of nitrogens with zero attached hydrogens (tertiary/aromatic N) is 2. The Labute approximate surface area is 119 Å². The Kier molecular flexibility index (Phi) is 5.67. The smallest absolute Gasteiger partial charge is 0.0113 e. The molecule has 0 radical (unpaired) electrons. The maximum absolute atomic E-state index is 3.57. The summed E-state index contributed by atoms with van der Waals surface area (Å²) >= 11 is 0. The highest BCUT2D eigenvalue weighted by atomic mass is 15.3. The molecule has 1 aliphatic heterocycles. The number of nitrogens with one attached hydrogen (secondary N) is 1. The third-order valence-corrected chi connectivity index (χ3v) is 4.28. The average molecular weight is 267 g/mol. The molecule has 0 aromatic carbocycles. The molecule has 0 atom stereocenters. The lowest BCUT2D eigenvalue weighted by molar-refractivity contribution is 0.125. The Morgan fingerprint density at radius 1 is 0.947 bits per heavy atom. The molecule has 2 aliphatic rings. The van der Waals surface area contributed by atoms with Gasteiger partial charge in [-0.25, -0.2) is 0 Å². The van der Waals surface area contributed by atoms with Gasteiger partial charge in [0.2, 0.25) is 0 Å². The van der Waals surface area contributed by atoms with Gasteiger partial charge in [-0.3, -0.25) is 4.90 Å². The molecule has 1 aliphatic carbocycles. The molecule has 112 valence electrons. The Bertz CT molecular complexity index is 247. The highest BCUT2D eigenvalue weighted by Crippen LogP contribution is 2.27. The van der Waals surface area contributed by atoms with Crippen molar-refractivity contribution in [1.82, 2.24) is 15.1 Å². The van der Waals surface area contributed by atoms with Crippen LogP contribution in [0.15, 0.2) is 0 Å². The van der Waals surface area contributed by atoms with E-state index in [1.807, 2.05) is 0 Å². The van der Waals surface area contributed by atoms with Gasteiger partial charge < -0.3 is 10.2 Å². The van der Waals surface area contributed by atoms with Crippen LogP contribution in [0.25, 0.3) is 0 Å². The van der Waals surface area contributed by atoms with Crippen LogP contribution >= 0.6 is 0 Å². The van der Waals surface area contributed by atoms with Crippen LogP contribution in [0.4, 0.5) is 0 Å². The summed E-state index contributed by atoms with van der Waals surface area (Å²) in [6, 6.07) is 0.964. The monoisotopic (exact) mass is 267 g/mol. The molecule has 19 heavy (non-hydrogen) atoms. The predicted molar refractivity (Wildman–Crippen MR) is 82.6 cm³/mol. The average Bonchev–Trinajstić information content (AvgIpc) is 3.17. The molecule has 1 saturated heterocycles. The van der Waals surface area contributed by atoms with Crippen LogP contribution in [-0.2, 0) is 0 Å². The molecule has 3 nitrogen and oxygen atoms in total. The molecule has 0 bridgehead atoms. The fraction of sp³-hybridized carbons (Fsp3) is 1.00.